The van der Waals surface area contributed by atoms with Gasteiger partial charge in [-0.25, -0.2) is 8.42 Å². The van der Waals surface area contributed by atoms with Crippen molar-refractivity contribution in [2.45, 2.75) is 77.7 Å². The Morgan fingerprint density at radius 3 is 2.00 bits per heavy atom. The van der Waals surface area contributed by atoms with Crippen LogP contribution >= 0.6 is 0 Å². The van der Waals surface area contributed by atoms with E-state index in [4.69, 9.17) is 5.11 Å². The summed E-state index contributed by atoms with van der Waals surface area (Å²) in [6.07, 6.45) is 7.52. The highest BCUT2D eigenvalue weighted by Gasteiger charge is 2.13. The van der Waals surface area contributed by atoms with Crippen molar-refractivity contribution in [2.75, 3.05) is 6.61 Å². The van der Waals surface area contributed by atoms with Crippen LogP contribution in [0, 0.1) is 5.92 Å². The molecule has 0 radical (unpaired) electrons. The molecule has 0 bridgehead atoms. The number of aliphatic hydroxyl groups is 1. The van der Waals surface area contributed by atoms with E-state index in [1.165, 1.54) is 0 Å². The zero-order valence-electron chi connectivity index (χ0n) is 12.7. The van der Waals surface area contributed by atoms with Crippen LogP contribution in [0.2, 0.25) is 0 Å². The highest BCUT2D eigenvalue weighted by Crippen LogP contribution is 2.18. The first-order valence-corrected chi connectivity index (χ1v) is 8.93. The van der Waals surface area contributed by atoms with Crippen LogP contribution in [0.1, 0.15) is 71.6 Å². The molecule has 0 fully saturated rings. The molecule has 1 atom stereocenters. The third kappa shape index (κ3) is 14.2. The van der Waals surface area contributed by atoms with E-state index in [0.717, 1.165) is 44.9 Å². The fourth-order valence-corrected chi connectivity index (χ4v) is 2.64. The van der Waals surface area contributed by atoms with Crippen molar-refractivity contribution in [2.24, 2.45) is 5.92 Å². The van der Waals surface area contributed by atoms with Crippen LogP contribution in [0.3, 0.4) is 0 Å². The molecular weight excluding hydrogens is 280 g/mol. The number of hydrogen-bond donors (Lipinski definition) is 1. The van der Waals surface area contributed by atoms with E-state index in [-0.39, 0.29) is 6.61 Å². The molecule has 0 saturated heterocycles. The second-order valence-electron chi connectivity index (χ2n) is 5.73. The molecule has 0 aromatic rings. The summed E-state index contributed by atoms with van der Waals surface area (Å²) in [5.74, 6) is 0.467. The Morgan fingerprint density at radius 1 is 0.950 bits per heavy atom. The number of rotatable bonds is 13. The van der Waals surface area contributed by atoms with E-state index >= 15 is 0 Å². The van der Waals surface area contributed by atoms with Crippen molar-refractivity contribution in [3.8, 4) is 0 Å². The molecule has 0 aliphatic rings. The first kappa shape index (κ1) is 19.8. The van der Waals surface area contributed by atoms with E-state index in [0.29, 0.717) is 18.8 Å². The Labute approximate surface area is 123 Å². The molecule has 5 nitrogen and oxygen atoms in total. The summed E-state index contributed by atoms with van der Waals surface area (Å²) in [5, 5.41) is 8.65. The van der Waals surface area contributed by atoms with Crippen LogP contribution in [-0.2, 0) is 14.6 Å². The Kier molecular flexibility index (Phi) is 11.4. The molecule has 6 heteroatoms. The van der Waals surface area contributed by atoms with Gasteiger partial charge in [0.15, 0.2) is 0 Å². The van der Waals surface area contributed by atoms with Gasteiger partial charge < -0.3 is 9.66 Å². The van der Waals surface area contributed by atoms with Gasteiger partial charge in [0.1, 0.15) is 0 Å². The van der Waals surface area contributed by atoms with Gasteiger partial charge in [-0.2, -0.15) is 0 Å². The molecule has 0 saturated carbocycles. The predicted molar refractivity (Wildman–Crippen MR) is 78.0 cm³/mol. The average Bonchev–Trinajstić information content (AvgIpc) is 2.32. The fraction of sp³-hybridized carbons (Fsp3) is 1.00. The molecule has 1 N–H and O–H groups in total. The third-order valence-electron chi connectivity index (χ3n) is 3.25. The van der Waals surface area contributed by atoms with Crippen molar-refractivity contribution in [1.82, 2.24) is 0 Å². The minimum Gasteiger partial charge on any atom is -0.726 e. The van der Waals surface area contributed by atoms with Gasteiger partial charge in [0.2, 0.25) is 10.4 Å². The summed E-state index contributed by atoms with van der Waals surface area (Å²) in [5.41, 5.74) is 0. The molecule has 20 heavy (non-hydrogen) atoms. The summed E-state index contributed by atoms with van der Waals surface area (Å²) in [4.78, 5) is 0. The van der Waals surface area contributed by atoms with Crippen LogP contribution in [-0.4, -0.2) is 30.8 Å². The minimum absolute atomic E-state index is 0.243. The Morgan fingerprint density at radius 2 is 1.50 bits per heavy atom. The van der Waals surface area contributed by atoms with Crippen molar-refractivity contribution in [3.63, 3.8) is 0 Å². The molecule has 0 amide bonds. The normalized spacial score (nSPS) is 13.8. The highest BCUT2D eigenvalue weighted by atomic mass is 32.3. The van der Waals surface area contributed by atoms with Gasteiger partial charge in [0.25, 0.3) is 0 Å². The maximum Gasteiger partial charge on any atom is 0.217 e. The SMILES string of the molecule is CC(C)CCC(CCCCCCCCO)OS(=O)(=O)[O-]. The first-order valence-electron chi connectivity index (χ1n) is 7.60. The van der Waals surface area contributed by atoms with Crippen LogP contribution in [0.5, 0.6) is 0 Å². The third-order valence-corrected chi connectivity index (χ3v) is 3.76. The molecule has 0 aliphatic heterocycles. The molecule has 0 aromatic heterocycles. The Bertz CT molecular complexity index is 314. The van der Waals surface area contributed by atoms with Crippen LogP contribution in [0.4, 0.5) is 0 Å². The topological polar surface area (TPSA) is 86.7 Å². The van der Waals surface area contributed by atoms with Gasteiger partial charge in [0, 0.05) is 6.61 Å². The second-order valence-corrected chi connectivity index (χ2v) is 6.74. The molecule has 0 heterocycles. The molecule has 0 rings (SSSR count). The zero-order chi connectivity index (χ0) is 15.4. The van der Waals surface area contributed by atoms with E-state index in [1.54, 1.807) is 0 Å². The highest BCUT2D eigenvalue weighted by molar-refractivity contribution is 7.80. The van der Waals surface area contributed by atoms with Crippen LogP contribution < -0.4 is 0 Å². The molecule has 122 valence electrons. The zero-order valence-corrected chi connectivity index (χ0v) is 13.5. The van der Waals surface area contributed by atoms with Gasteiger partial charge in [-0.1, -0.05) is 46.0 Å². The largest absolute Gasteiger partial charge is 0.726 e. The van der Waals surface area contributed by atoms with Gasteiger partial charge in [-0.3, -0.25) is 4.18 Å². The standard InChI is InChI=1S/C14H30O5S/c1-13(2)10-11-14(19-20(16,17)18)9-7-5-3-4-6-8-12-15/h13-15H,3-12H2,1-2H3,(H,16,17,18)/p-1. The van der Waals surface area contributed by atoms with Gasteiger partial charge >= 0.3 is 0 Å². The van der Waals surface area contributed by atoms with Gasteiger partial charge in [-0.05, 0) is 31.6 Å². The van der Waals surface area contributed by atoms with E-state index < -0.39 is 16.5 Å². The first-order chi connectivity index (χ1) is 9.35. The minimum atomic E-state index is -4.60. The maximum absolute atomic E-state index is 10.7. The number of aliphatic hydroxyl groups excluding tert-OH is 1. The quantitative estimate of drug-likeness (QED) is 0.321. The Balaban J connectivity index is 3.85. The predicted octanol–water partition coefficient (Wildman–Crippen LogP) is 2.99. The van der Waals surface area contributed by atoms with Crippen molar-refractivity contribution >= 4 is 10.4 Å². The Hall–Kier alpha value is -0.170. The lowest BCUT2D eigenvalue weighted by Crippen LogP contribution is -2.19. The van der Waals surface area contributed by atoms with E-state index in [1.807, 2.05) is 0 Å². The van der Waals surface area contributed by atoms with Crippen molar-refractivity contribution in [1.29, 1.82) is 0 Å². The summed E-state index contributed by atoms with van der Waals surface area (Å²) < 4.78 is 36.7. The number of hydrogen-bond acceptors (Lipinski definition) is 5. The molecule has 0 aliphatic carbocycles. The number of unbranched alkanes of at least 4 members (excludes halogenated alkanes) is 5. The fourth-order valence-electron chi connectivity index (χ4n) is 2.12. The van der Waals surface area contributed by atoms with Crippen LogP contribution in [0.25, 0.3) is 0 Å². The summed E-state index contributed by atoms with van der Waals surface area (Å²) >= 11 is 0. The smallest absolute Gasteiger partial charge is 0.217 e. The summed E-state index contributed by atoms with van der Waals surface area (Å²) in [6.45, 7) is 4.36. The van der Waals surface area contributed by atoms with E-state index in [9.17, 15) is 13.0 Å². The van der Waals surface area contributed by atoms with E-state index in [2.05, 4.69) is 18.0 Å². The van der Waals surface area contributed by atoms with Crippen LogP contribution in [0.15, 0.2) is 0 Å². The lowest BCUT2D eigenvalue weighted by atomic mass is 10.0. The lowest BCUT2D eigenvalue weighted by molar-refractivity contribution is 0.151. The van der Waals surface area contributed by atoms with Gasteiger partial charge in [0.05, 0.1) is 6.10 Å². The molecule has 1 unspecified atom stereocenters. The van der Waals surface area contributed by atoms with Crippen molar-refractivity contribution < 1.29 is 22.3 Å². The molecule has 0 aromatic carbocycles. The summed E-state index contributed by atoms with van der Waals surface area (Å²) in [7, 11) is -4.60. The summed E-state index contributed by atoms with van der Waals surface area (Å²) in [6, 6.07) is 0. The average molecular weight is 309 g/mol. The molecule has 0 spiro atoms. The lowest BCUT2D eigenvalue weighted by Gasteiger charge is -2.20. The second kappa shape index (κ2) is 11.5. The maximum atomic E-state index is 10.7. The van der Waals surface area contributed by atoms with Gasteiger partial charge in [-0.15, -0.1) is 0 Å². The molecular formula is C14H29O5S-. The monoisotopic (exact) mass is 309 g/mol. The van der Waals surface area contributed by atoms with Crippen molar-refractivity contribution in [3.05, 3.63) is 0 Å².